The van der Waals surface area contributed by atoms with Gasteiger partial charge in [0.05, 0.1) is 6.61 Å². The zero-order chi connectivity index (χ0) is 19.2. The number of rotatable bonds is 4. The Kier molecular flexibility index (Phi) is 5.12. The molecule has 2 aromatic heterocycles. The molecule has 142 valence electrons. The molecular weight excluding hydrogens is 389 g/mol. The molecule has 0 amide bonds. The smallest absolute Gasteiger partial charge is 0.387 e. The monoisotopic (exact) mass is 405 g/mol. The van der Waals surface area contributed by atoms with Gasteiger partial charge in [-0.3, -0.25) is 13.9 Å². The van der Waals surface area contributed by atoms with Gasteiger partial charge in [-0.15, -0.1) is 0 Å². The number of pyridine rings is 1. The van der Waals surface area contributed by atoms with Crippen LogP contribution in [0, 0.1) is 11.7 Å². The summed E-state index contributed by atoms with van der Waals surface area (Å²) in [7, 11) is -4.76. The van der Waals surface area contributed by atoms with Crippen molar-refractivity contribution in [3.63, 3.8) is 0 Å². The van der Waals surface area contributed by atoms with Crippen LogP contribution in [-0.2, 0) is 13.8 Å². The van der Waals surface area contributed by atoms with Gasteiger partial charge >= 0.3 is 7.82 Å². The van der Waals surface area contributed by atoms with E-state index >= 15 is 0 Å². The van der Waals surface area contributed by atoms with Gasteiger partial charge in [0.15, 0.2) is 6.23 Å². The summed E-state index contributed by atoms with van der Waals surface area (Å²) in [6.07, 6.45) is -3.71. The van der Waals surface area contributed by atoms with Crippen LogP contribution in [0.25, 0.3) is 11.0 Å². The molecule has 13 heteroatoms. The van der Waals surface area contributed by atoms with Gasteiger partial charge in [-0.05, 0) is 24.7 Å². The number of ether oxygens (including phenoxy) is 1. The van der Waals surface area contributed by atoms with Crippen LogP contribution in [0.5, 0.6) is 0 Å². The summed E-state index contributed by atoms with van der Waals surface area (Å²) in [5.74, 6) is 0. The van der Waals surface area contributed by atoms with Crippen molar-refractivity contribution < 1.29 is 33.8 Å². The van der Waals surface area contributed by atoms with Crippen LogP contribution < -0.4 is 5.56 Å². The first-order valence-electron chi connectivity index (χ1n) is 7.41. The highest BCUT2D eigenvalue weighted by Gasteiger charge is 2.44. The Hall–Kier alpha value is -1.50. The van der Waals surface area contributed by atoms with Gasteiger partial charge in [0.25, 0.3) is 0 Å². The van der Waals surface area contributed by atoms with Crippen molar-refractivity contribution in [3.8, 4) is 0 Å². The highest BCUT2D eigenvalue weighted by molar-refractivity contribution is 7.71. The highest BCUT2D eigenvalue weighted by atomic mass is 32.1. The molecule has 0 bridgehead atoms. The van der Waals surface area contributed by atoms with E-state index in [-0.39, 0.29) is 16.0 Å². The van der Waals surface area contributed by atoms with Crippen LogP contribution in [0.15, 0.2) is 17.1 Å². The Morgan fingerprint density at radius 1 is 1.42 bits per heavy atom. The average Bonchev–Trinajstić information content (AvgIpc) is 2.79. The quantitative estimate of drug-likeness (QED) is 0.330. The molecule has 1 saturated heterocycles. The van der Waals surface area contributed by atoms with Crippen LogP contribution in [-0.4, -0.2) is 59.5 Å². The lowest BCUT2D eigenvalue weighted by molar-refractivity contribution is -0.0531. The van der Waals surface area contributed by atoms with E-state index in [0.717, 1.165) is 0 Å². The lowest BCUT2D eigenvalue weighted by Crippen LogP contribution is -2.33. The molecule has 3 rings (SSSR count). The van der Waals surface area contributed by atoms with E-state index < -0.39 is 39.0 Å². The van der Waals surface area contributed by atoms with Gasteiger partial charge in [-0.2, -0.15) is 0 Å². The Labute approximate surface area is 151 Å². The number of hydrogen-bond donors (Lipinski definition) is 5. The first-order chi connectivity index (χ1) is 12.1. The van der Waals surface area contributed by atoms with Gasteiger partial charge in [0.2, 0.25) is 10.3 Å². The summed E-state index contributed by atoms with van der Waals surface area (Å²) in [4.78, 5) is 35.7. The molecule has 0 saturated carbocycles. The number of hydrogen-bond acceptors (Lipinski definition) is 8. The molecule has 4 atom stereocenters. The van der Waals surface area contributed by atoms with Crippen molar-refractivity contribution in [2.75, 3.05) is 6.61 Å². The van der Waals surface area contributed by atoms with Gasteiger partial charge in [0, 0.05) is 17.6 Å². The second-order valence-electron chi connectivity index (χ2n) is 5.84. The van der Waals surface area contributed by atoms with Crippen LogP contribution in [0.1, 0.15) is 11.8 Å². The van der Waals surface area contributed by atoms with Gasteiger partial charge in [0.1, 0.15) is 24.0 Å². The number of aromatic amines is 1. The predicted octanol–water partition coefficient (Wildman–Crippen LogP) is -0.509. The Morgan fingerprint density at radius 2 is 2.12 bits per heavy atom. The van der Waals surface area contributed by atoms with Crippen LogP contribution in [0.4, 0.5) is 0 Å². The maximum Gasteiger partial charge on any atom is 0.469 e. The second kappa shape index (κ2) is 6.91. The van der Waals surface area contributed by atoms with Gasteiger partial charge < -0.3 is 29.7 Å². The molecule has 3 heterocycles. The fraction of sp³-hybridized carbons (Fsp3) is 0.462. The van der Waals surface area contributed by atoms with E-state index in [1.165, 1.54) is 16.8 Å². The van der Waals surface area contributed by atoms with Crippen LogP contribution in [0.3, 0.4) is 0 Å². The third-order valence-corrected chi connectivity index (χ3v) is 4.77. The topological polar surface area (TPSA) is 167 Å². The van der Waals surface area contributed by atoms with Crippen molar-refractivity contribution in [2.24, 2.45) is 0 Å². The number of aromatic nitrogens is 3. The summed E-state index contributed by atoms with van der Waals surface area (Å²) >= 11 is 5.16. The molecule has 1 aliphatic rings. The third kappa shape index (κ3) is 3.77. The minimum Gasteiger partial charge on any atom is -0.387 e. The first kappa shape index (κ1) is 19.3. The summed E-state index contributed by atoms with van der Waals surface area (Å²) < 4.78 is 21.9. The number of aryl methyl sites for hydroxylation is 1. The van der Waals surface area contributed by atoms with E-state index in [4.69, 9.17) is 26.7 Å². The summed E-state index contributed by atoms with van der Waals surface area (Å²) in [5, 5.41) is 20.9. The predicted molar refractivity (Wildman–Crippen MR) is 89.8 cm³/mol. The molecular formula is C13H16N3O8PS. The minimum atomic E-state index is -4.76. The van der Waals surface area contributed by atoms with E-state index in [2.05, 4.69) is 14.5 Å². The zero-order valence-electron chi connectivity index (χ0n) is 13.3. The van der Waals surface area contributed by atoms with Crippen molar-refractivity contribution in [3.05, 3.63) is 33.0 Å². The number of nitrogens with one attached hydrogen (secondary N) is 1. The number of H-pyrrole nitrogens is 1. The molecule has 0 aliphatic carbocycles. The molecule has 1 unspecified atom stereocenters. The molecule has 0 radical (unpaired) electrons. The number of fused-ring (bicyclic) bond motifs is 1. The van der Waals surface area contributed by atoms with Crippen molar-refractivity contribution in [1.29, 1.82) is 0 Å². The van der Waals surface area contributed by atoms with E-state index in [1.807, 2.05) is 0 Å². The van der Waals surface area contributed by atoms with Gasteiger partial charge in [-0.1, -0.05) is 0 Å². The lowest BCUT2D eigenvalue weighted by Gasteiger charge is -2.19. The summed E-state index contributed by atoms with van der Waals surface area (Å²) in [6, 6.07) is 1.37. The Morgan fingerprint density at radius 3 is 2.77 bits per heavy atom. The van der Waals surface area contributed by atoms with E-state index in [9.17, 15) is 19.6 Å². The van der Waals surface area contributed by atoms with E-state index in [1.54, 1.807) is 6.92 Å². The Bertz CT molecular complexity index is 1000. The van der Waals surface area contributed by atoms with Crippen molar-refractivity contribution in [2.45, 2.75) is 31.5 Å². The fourth-order valence-corrected chi connectivity index (χ4v) is 3.32. The SMILES string of the molecule is Cc1cc(=O)[nH]c2nc(=S)n([C@@H]3O[C@H](COP(=O)(O)O)C(O)[C@@H]3O)cc12. The van der Waals surface area contributed by atoms with E-state index in [0.29, 0.717) is 10.9 Å². The van der Waals surface area contributed by atoms with Gasteiger partial charge in [-0.25, -0.2) is 9.55 Å². The largest absolute Gasteiger partial charge is 0.469 e. The molecule has 11 nitrogen and oxygen atoms in total. The zero-order valence-corrected chi connectivity index (χ0v) is 15.1. The molecule has 26 heavy (non-hydrogen) atoms. The molecule has 0 spiro atoms. The number of phosphoric acid groups is 1. The number of aliphatic hydroxyl groups excluding tert-OH is 2. The van der Waals surface area contributed by atoms with Crippen molar-refractivity contribution >= 4 is 31.1 Å². The molecule has 1 fully saturated rings. The van der Waals surface area contributed by atoms with Crippen molar-refractivity contribution in [1.82, 2.24) is 14.5 Å². The maximum absolute atomic E-state index is 11.5. The lowest BCUT2D eigenvalue weighted by atomic mass is 10.1. The summed E-state index contributed by atoms with van der Waals surface area (Å²) in [5.41, 5.74) is 0.553. The molecule has 2 aromatic rings. The van der Waals surface area contributed by atoms with Crippen LogP contribution >= 0.6 is 20.0 Å². The number of aliphatic hydroxyl groups is 2. The minimum absolute atomic E-state index is 0.0217. The summed E-state index contributed by atoms with van der Waals surface area (Å²) in [6.45, 7) is 1.07. The first-order valence-corrected chi connectivity index (χ1v) is 9.35. The third-order valence-electron chi connectivity index (χ3n) is 3.98. The van der Waals surface area contributed by atoms with Crippen LogP contribution in [0.2, 0.25) is 0 Å². The average molecular weight is 405 g/mol. The molecule has 1 aliphatic heterocycles. The number of nitrogens with zero attached hydrogens (tertiary/aromatic N) is 2. The second-order valence-corrected chi connectivity index (χ2v) is 7.45. The highest BCUT2D eigenvalue weighted by Crippen LogP contribution is 2.38. The molecule has 5 N–H and O–H groups in total. The fourth-order valence-electron chi connectivity index (χ4n) is 2.73. The Balaban J connectivity index is 1.96. The molecule has 0 aromatic carbocycles. The number of phosphoric ester groups is 1. The standard InChI is InChI=1S/C13H16N3O8PS/c1-5-2-8(17)14-11-6(5)3-16(13(26)15-11)12-10(19)9(18)7(24-12)4-23-25(20,21)22/h2-3,7,9-10,12,18-19H,4H2,1H3,(H2,20,21,22)(H,14,15,17,26)/t7-,9?,10+,12-/m1/s1. The maximum atomic E-state index is 11.5. The normalized spacial score (nSPS) is 26.5.